The number of carbonyl (C=O) groups excluding carboxylic acids is 1. The van der Waals surface area contributed by atoms with Gasteiger partial charge >= 0.3 is 0 Å². The van der Waals surface area contributed by atoms with Crippen LogP contribution >= 0.6 is 0 Å². The summed E-state index contributed by atoms with van der Waals surface area (Å²) >= 11 is 0. The minimum absolute atomic E-state index is 0.133. The molecule has 1 heterocycles. The molecule has 0 radical (unpaired) electrons. The van der Waals surface area contributed by atoms with Crippen LogP contribution < -0.4 is 0 Å². The molecule has 96 valence electrons. The van der Waals surface area contributed by atoms with Crippen LogP contribution in [-0.2, 0) is 9.53 Å². The molecule has 3 rings (SSSR count). The van der Waals surface area contributed by atoms with Crippen LogP contribution in [0.2, 0.25) is 0 Å². The van der Waals surface area contributed by atoms with Gasteiger partial charge in [0.2, 0.25) is 5.90 Å². The monoisotopic (exact) mass is 253 g/mol. The highest BCUT2D eigenvalue weighted by Crippen LogP contribution is 2.26. The minimum Gasteiger partial charge on any atom is -0.468 e. The molecule has 3 nitrogen and oxygen atoms in total. The first-order valence-corrected chi connectivity index (χ1v) is 6.36. The summed E-state index contributed by atoms with van der Waals surface area (Å²) in [6.07, 6.45) is 5.56. The van der Waals surface area contributed by atoms with Crippen LogP contribution in [-0.4, -0.2) is 17.9 Å². The van der Waals surface area contributed by atoms with Crippen molar-refractivity contribution in [1.82, 2.24) is 0 Å². The van der Waals surface area contributed by atoms with E-state index in [0.717, 1.165) is 11.1 Å². The number of carbonyl (C=O) groups is 1. The Hall–Kier alpha value is -2.16. The number of hydrogen-bond acceptors (Lipinski definition) is 2. The fourth-order valence-corrected chi connectivity index (χ4v) is 2.27. The Labute approximate surface area is 112 Å². The van der Waals surface area contributed by atoms with Gasteiger partial charge in [0.05, 0.1) is 5.92 Å². The van der Waals surface area contributed by atoms with E-state index in [1.54, 1.807) is 0 Å². The largest absolute Gasteiger partial charge is 0.468 e. The van der Waals surface area contributed by atoms with E-state index in [9.17, 15) is 4.79 Å². The molecule has 3 heteroatoms. The van der Waals surface area contributed by atoms with Gasteiger partial charge in [-0.2, -0.15) is 4.99 Å². The molecule has 1 aromatic carbocycles. The van der Waals surface area contributed by atoms with Crippen molar-refractivity contribution in [3.05, 3.63) is 59.2 Å². The molecule has 0 saturated heterocycles. The summed E-state index contributed by atoms with van der Waals surface area (Å²) < 4.78 is 5.86. The average Bonchev–Trinajstić information content (AvgIpc) is 2.38. The van der Waals surface area contributed by atoms with Gasteiger partial charge in [-0.05, 0) is 32.1 Å². The fourth-order valence-electron chi connectivity index (χ4n) is 2.27. The lowest BCUT2D eigenvalue weighted by Gasteiger charge is -2.28. The van der Waals surface area contributed by atoms with E-state index in [0.29, 0.717) is 5.90 Å². The highest BCUT2D eigenvalue weighted by molar-refractivity contribution is 6.04. The molecule has 1 amide bonds. The van der Waals surface area contributed by atoms with Crippen LogP contribution in [0.1, 0.15) is 18.1 Å². The lowest BCUT2D eigenvalue weighted by molar-refractivity contribution is -0.123. The van der Waals surface area contributed by atoms with Crippen LogP contribution in [0, 0.1) is 12.8 Å². The van der Waals surface area contributed by atoms with Crippen molar-refractivity contribution in [1.29, 1.82) is 0 Å². The Morgan fingerprint density at radius 1 is 1.16 bits per heavy atom. The number of nitrogens with zero attached hydrogens (tertiary/aromatic N) is 1. The molecule has 2 atom stereocenters. The van der Waals surface area contributed by atoms with Crippen LogP contribution in [0.15, 0.2) is 53.1 Å². The van der Waals surface area contributed by atoms with Crippen LogP contribution in [0.4, 0.5) is 0 Å². The summed E-state index contributed by atoms with van der Waals surface area (Å²) in [5.41, 5.74) is 3.12. The van der Waals surface area contributed by atoms with Crippen molar-refractivity contribution in [2.24, 2.45) is 10.9 Å². The lowest BCUT2D eigenvalue weighted by atomic mass is 9.92. The normalized spacial score (nSPS) is 25.3. The first-order valence-electron chi connectivity index (χ1n) is 6.36. The van der Waals surface area contributed by atoms with Crippen LogP contribution in [0.25, 0.3) is 0 Å². The van der Waals surface area contributed by atoms with Crippen molar-refractivity contribution >= 4 is 11.8 Å². The van der Waals surface area contributed by atoms with E-state index in [2.05, 4.69) is 4.99 Å². The second kappa shape index (κ2) is 4.50. The zero-order valence-electron chi connectivity index (χ0n) is 11.0. The highest BCUT2D eigenvalue weighted by Gasteiger charge is 2.33. The number of rotatable bonds is 1. The Morgan fingerprint density at radius 3 is 2.63 bits per heavy atom. The van der Waals surface area contributed by atoms with E-state index < -0.39 is 0 Å². The van der Waals surface area contributed by atoms with Crippen molar-refractivity contribution in [2.45, 2.75) is 20.0 Å². The maximum absolute atomic E-state index is 12.0. The van der Waals surface area contributed by atoms with Crippen LogP contribution in [0.3, 0.4) is 0 Å². The number of fused-ring (bicyclic) bond motifs is 1. The molecular weight excluding hydrogens is 238 g/mol. The molecule has 0 N–H and O–H groups in total. The molecule has 0 spiro atoms. The summed E-state index contributed by atoms with van der Waals surface area (Å²) in [5, 5.41) is 0. The number of hydrogen-bond donors (Lipinski definition) is 0. The predicted octanol–water partition coefficient (Wildman–Crippen LogP) is 2.80. The third-order valence-corrected chi connectivity index (χ3v) is 3.39. The maximum atomic E-state index is 12.0. The average molecular weight is 253 g/mol. The molecule has 0 bridgehead atoms. The molecule has 0 aromatic heterocycles. The van der Waals surface area contributed by atoms with Gasteiger partial charge < -0.3 is 4.74 Å². The molecule has 1 aliphatic carbocycles. The first-order chi connectivity index (χ1) is 9.13. The van der Waals surface area contributed by atoms with Gasteiger partial charge in [0.25, 0.3) is 5.91 Å². The van der Waals surface area contributed by atoms with Gasteiger partial charge in [-0.1, -0.05) is 35.4 Å². The maximum Gasteiger partial charge on any atom is 0.260 e. The molecule has 1 aromatic rings. The number of ether oxygens (including phenoxy) is 1. The van der Waals surface area contributed by atoms with Crippen molar-refractivity contribution < 1.29 is 9.53 Å². The third kappa shape index (κ3) is 2.24. The summed E-state index contributed by atoms with van der Waals surface area (Å²) in [6, 6.07) is 7.83. The topological polar surface area (TPSA) is 38.7 Å². The quantitative estimate of drug-likeness (QED) is 0.772. The second-order valence-electron chi connectivity index (χ2n) is 5.00. The molecular formula is C16H15NO2. The van der Waals surface area contributed by atoms with Crippen LogP contribution in [0.5, 0.6) is 0 Å². The number of allylic oxidation sites excluding steroid dienone is 2. The summed E-state index contributed by atoms with van der Waals surface area (Å²) in [7, 11) is 0. The highest BCUT2D eigenvalue weighted by atomic mass is 16.5. The Morgan fingerprint density at radius 2 is 1.89 bits per heavy atom. The Kier molecular flexibility index (Phi) is 2.82. The van der Waals surface area contributed by atoms with Crippen molar-refractivity contribution in [3.63, 3.8) is 0 Å². The van der Waals surface area contributed by atoms with E-state index in [4.69, 9.17) is 4.74 Å². The number of benzene rings is 1. The number of amides is 1. The molecule has 2 unspecified atom stereocenters. The number of aliphatic imine (C=N–C) groups is 1. The third-order valence-electron chi connectivity index (χ3n) is 3.39. The smallest absolute Gasteiger partial charge is 0.260 e. The van der Waals surface area contributed by atoms with E-state index >= 15 is 0 Å². The first kappa shape index (κ1) is 11.9. The Balaban J connectivity index is 1.94. The van der Waals surface area contributed by atoms with Gasteiger partial charge in [-0.3, -0.25) is 4.79 Å². The fraction of sp³-hybridized carbons (Fsp3) is 0.250. The second-order valence-corrected chi connectivity index (χ2v) is 5.00. The summed E-state index contributed by atoms with van der Waals surface area (Å²) in [6.45, 7) is 4.02. The molecule has 2 aliphatic rings. The SMILES string of the molecule is CC1=CC2OC(c3ccc(C)cc3)=NC(=O)C2C=C1. The Bertz CT molecular complexity index is 608. The van der Waals surface area contributed by atoms with Crippen molar-refractivity contribution in [3.8, 4) is 0 Å². The van der Waals surface area contributed by atoms with Gasteiger partial charge in [-0.25, -0.2) is 0 Å². The summed E-state index contributed by atoms with van der Waals surface area (Å²) in [4.78, 5) is 16.1. The molecule has 0 saturated carbocycles. The molecule has 1 aliphatic heterocycles. The molecule has 19 heavy (non-hydrogen) atoms. The van der Waals surface area contributed by atoms with Gasteiger partial charge in [-0.15, -0.1) is 0 Å². The predicted molar refractivity (Wildman–Crippen MR) is 74.0 cm³/mol. The number of aryl methyl sites for hydroxylation is 1. The minimum atomic E-state index is -0.280. The van der Waals surface area contributed by atoms with Gasteiger partial charge in [0.1, 0.15) is 6.10 Å². The molecule has 0 fully saturated rings. The van der Waals surface area contributed by atoms with Gasteiger partial charge in [0.15, 0.2) is 0 Å². The van der Waals surface area contributed by atoms with E-state index in [-0.39, 0.29) is 17.9 Å². The lowest BCUT2D eigenvalue weighted by Crippen LogP contribution is -2.36. The van der Waals surface area contributed by atoms with E-state index in [1.165, 1.54) is 5.56 Å². The summed E-state index contributed by atoms with van der Waals surface area (Å²) in [5.74, 6) is 0.00956. The standard InChI is InChI=1S/C16H15NO2/c1-10-3-6-12(7-4-10)16-17-15(18)13-8-5-11(2)9-14(13)19-16/h3-9,13-14H,1-2H3. The zero-order valence-corrected chi connectivity index (χ0v) is 11.0. The van der Waals surface area contributed by atoms with Crippen molar-refractivity contribution in [2.75, 3.05) is 0 Å². The van der Waals surface area contributed by atoms with E-state index in [1.807, 2.05) is 56.3 Å². The zero-order chi connectivity index (χ0) is 13.4. The van der Waals surface area contributed by atoms with Gasteiger partial charge in [0, 0.05) is 5.56 Å².